The number of anilines is 1. The van der Waals surface area contributed by atoms with Crippen molar-refractivity contribution in [1.82, 2.24) is 4.90 Å². The SMILES string of the molecule is Cc1ccccc1N1C(=O)[C@H](N2C(=O)c3ccccc3C2=O)[C@@H]1C=O. The maximum Gasteiger partial charge on any atom is 0.262 e. The summed E-state index contributed by atoms with van der Waals surface area (Å²) in [4.78, 5) is 51.8. The average Bonchev–Trinajstić information content (AvgIpc) is 2.87. The molecule has 2 aromatic carbocycles. The van der Waals surface area contributed by atoms with Crippen molar-refractivity contribution in [2.45, 2.75) is 19.0 Å². The summed E-state index contributed by atoms with van der Waals surface area (Å²) >= 11 is 0. The molecule has 2 heterocycles. The minimum absolute atomic E-state index is 0.263. The number of fused-ring (bicyclic) bond motifs is 1. The third-order valence-corrected chi connectivity index (χ3v) is 4.73. The smallest absolute Gasteiger partial charge is 0.262 e. The molecule has 6 heteroatoms. The molecule has 0 unspecified atom stereocenters. The molecule has 2 aliphatic heterocycles. The molecule has 0 aliphatic carbocycles. The Morgan fingerprint density at radius 1 is 0.840 bits per heavy atom. The fourth-order valence-corrected chi connectivity index (χ4v) is 3.47. The minimum Gasteiger partial charge on any atom is -0.301 e. The lowest BCUT2D eigenvalue weighted by Crippen LogP contribution is -2.72. The number of aldehydes is 1. The van der Waals surface area contributed by atoms with E-state index in [1.165, 1.54) is 4.90 Å². The molecule has 1 fully saturated rings. The first-order valence-electron chi connectivity index (χ1n) is 7.87. The standard InChI is InChI=1S/C19H14N2O4/c1-11-6-2-5-9-14(11)20-15(10-22)16(19(20)25)21-17(23)12-7-3-4-8-13(12)18(21)24/h2-10,15-16H,1H3/t15-,16+/m0/s1. The van der Waals surface area contributed by atoms with Gasteiger partial charge in [0.2, 0.25) is 0 Å². The van der Waals surface area contributed by atoms with Crippen LogP contribution in [0.5, 0.6) is 0 Å². The van der Waals surface area contributed by atoms with Gasteiger partial charge >= 0.3 is 0 Å². The van der Waals surface area contributed by atoms with Crippen molar-refractivity contribution in [3.63, 3.8) is 0 Å². The van der Waals surface area contributed by atoms with Gasteiger partial charge < -0.3 is 4.79 Å². The Morgan fingerprint density at radius 3 is 1.96 bits per heavy atom. The van der Waals surface area contributed by atoms with Gasteiger partial charge in [-0.15, -0.1) is 0 Å². The number of hydrogen-bond acceptors (Lipinski definition) is 4. The zero-order chi connectivity index (χ0) is 17.7. The highest BCUT2D eigenvalue weighted by molar-refractivity contribution is 6.25. The Labute approximate surface area is 143 Å². The minimum atomic E-state index is -1.09. The van der Waals surface area contributed by atoms with Gasteiger partial charge in [0.1, 0.15) is 18.4 Å². The number of para-hydroxylation sites is 1. The first-order chi connectivity index (χ1) is 12.1. The fraction of sp³-hybridized carbons (Fsp3) is 0.158. The van der Waals surface area contributed by atoms with Gasteiger partial charge in [-0.2, -0.15) is 0 Å². The Balaban J connectivity index is 1.71. The molecule has 3 amide bonds. The number of amides is 3. The molecule has 0 aromatic heterocycles. The molecular formula is C19H14N2O4. The number of hydrogen-bond donors (Lipinski definition) is 0. The van der Waals surface area contributed by atoms with Crippen molar-refractivity contribution in [2.24, 2.45) is 0 Å². The molecular weight excluding hydrogens is 320 g/mol. The summed E-state index contributed by atoms with van der Waals surface area (Å²) in [6.07, 6.45) is 0.613. The zero-order valence-electron chi connectivity index (χ0n) is 13.4. The van der Waals surface area contributed by atoms with Crippen molar-refractivity contribution >= 4 is 29.7 Å². The Bertz CT molecular complexity index is 902. The second-order valence-electron chi connectivity index (χ2n) is 6.09. The van der Waals surface area contributed by atoms with Crippen LogP contribution >= 0.6 is 0 Å². The fourth-order valence-electron chi connectivity index (χ4n) is 3.47. The van der Waals surface area contributed by atoms with Crippen LogP contribution in [0, 0.1) is 6.92 Å². The second kappa shape index (κ2) is 5.37. The maximum atomic E-state index is 12.7. The average molecular weight is 334 g/mol. The first-order valence-corrected chi connectivity index (χ1v) is 7.87. The molecule has 2 atom stereocenters. The Hall–Kier alpha value is -3.28. The van der Waals surface area contributed by atoms with E-state index in [0.29, 0.717) is 12.0 Å². The van der Waals surface area contributed by atoms with Gasteiger partial charge in [-0.25, -0.2) is 0 Å². The van der Waals surface area contributed by atoms with Crippen LogP contribution in [0.15, 0.2) is 48.5 Å². The van der Waals surface area contributed by atoms with E-state index in [9.17, 15) is 19.2 Å². The normalized spacial score (nSPS) is 22.0. The van der Waals surface area contributed by atoms with Gasteiger partial charge in [-0.3, -0.25) is 24.2 Å². The number of rotatable bonds is 3. The molecule has 1 saturated heterocycles. The van der Waals surface area contributed by atoms with Crippen LogP contribution in [0.25, 0.3) is 0 Å². The topological polar surface area (TPSA) is 74.8 Å². The van der Waals surface area contributed by atoms with Crippen molar-refractivity contribution in [3.8, 4) is 0 Å². The van der Waals surface area contributed by atoms with Crippen LogP contribution in [-0.4, -0.2) is 41.0 Å². The highest BCUT2D eigenvalue weighted by atomic mass is 16.2. The molecule has 0 radical (unpaired) electrons. The molecule has 0 bridgehead atoms. The van der Waals surface area contributed by atoms with E-state index < -0.39 is 29.8 Å². The quantitative estimate of drug-likeness (QED) is 0.485. The summed E-state index contributed by atoms with van der Waals surface area (Å²) < 4.78 is 0. The van der Waals surface area contributed by atoms with Crippen molar-refractivity contribution < 1.29 is 19.2 Å². The highest BCUT2D eigenvalue weighted by Crippen LogP contribution is 2.36. The van der Waals surface area contributed by atoms with Crippen LogP contribution in [0.2, 0.25) is 0 Å². The van der Waals surface area contributed by atoms with E-state index in [1.54, 1.807) is 36.4 Å². The van der Waals surface area contributed by atoms with Crippen LogP contribution in [0.3, 0.4) is 0 Å². The van der Waals surface area contributed by atoms with Crippen molar-refractivity contribution in [3.05, 3.63) is 65.2 Å². The number of carbonyl (C=O) groups excluding carboxylic acids is 4. The number of imide groups is 1. The van der Waals surface area contributed by atoms with Crippen molar-refractivity contribution in [1.29, 1.82) is 0 Å². The lowest BCUT2D eigenvalue weighted by Gasteiger charge is -2.47. The van der Waals surface area contributed by atoms with E-state index in [4.69, 9.17) is 0 Å². The summed E-state index contributed by atoms with van der Waals surface area (Å²) in [5.74, 6) is -1.49. The molecule has 2 aromatic rings. The highest BCUT2D eigenvalue weighted by Gasteiger charge is 2.57. The van der Waals surface area contributed by atoms with Gasteiger partial charge in [0.05, 0.1) is 11.1 Å². The number of β-lactam (4-membered cyclic amide) rings is 1. The second-order valence-corrected chi connectivity index (χ2v) is 6.09. The van der Waals surface area contributed by atoms with Gasteiger partial charge in [-0.1, -0.05) is 30.3 Å². The molecule has 0 spiro atoms. The Kier molecular flexibility index (Phi) is 3.28. The van der Waals surface area contributed by atoms with Crippen LogP contribution < -0.4 is 4.90 Å². The summed E-state index contributed by atoms with van der Waals surface area (Å²) in [6, 6.07) is 11.6. The van der Waals surface area contributed by atoms with Gasteiger partial charge in [0.15, 0.2) is 0 Å². The molecule has 0 saturated carbocycles. The summed E-state index contributed by atoms with van der Waals surface area (Å²) in [5, 5.41) is 0. The molecule has 6 nitrogen and oxygen atoms in total. The Morgan fingerprint density at radius 2 is 1.40 bits per heavy atom. The summed E-state index contributed by atoms with van der Waals surface area (Å²) in [7, 11) is 0. The predicted molar refractivity (Wildman–Crippen MR) is 89.2 cm³/mol. The molecule has 124 valence electrons. The van der Waals surface area contributed by atoms with Crippen LogP contribution in [0.4, 0.5) is 5.69 Å². The number of aryl methyl sites for hydroxylation is 1. The summed E-state index contributed by atoms with van der Waals surface area (Å²) in [5.41, 5.74) is 1.97. The number of nitrogens with zero attached hydrogens (tertiary/aromatic N) is 2. The van der Waals surface area contributed by atoms with Crippen molar-refractivity contribution in [2.75, 3.05) is 4.90 Å². The van der Waals surface area contributed by atoms with Gasteiger partial charge in [0.25, 0.3) is 17.7 Å². The van der Waals surface area contributed by atoms with E-state index in [-0.39, 0.29) is 11.1 Å². The third-order valence-electron chi connectivity index (χ3n) is 4.73. The zero-order valence-corrected chi connectivity index (χ0v) is 13.4. The first kappa shape index (κ1) is 15.3. The molecule has 2 aliphatic rings. The lowest BCUT2D eigenvalue weighted by molar-refractivity contribution is -0.133. The van der Waals surface area contributed by atoms with Gasteiger partial charge in [0, 0.05) is 5.69 Å². The predicted octanol–water partition coefficient (Wildman–Crippen LogP) is 1.57. The number of carbonyl (C=O) groups is 4. The molecule has 25 heavy (non-hydrogen) atoms. The molecule has 4 rings (SSSR count). The largest absolute Gasteiger partial charge is 0.301 e. The third kappa shape index (κ3) is 1.97. The van der Waals surface area contributed by atoms with E-state index in [1.807, 2.05) is 19.1 Å². The van der Waals surface area contributed by atoms with E-state index >= 15 is 0 Å². The van der Waals surface area contributed by atoms with Crippen LogP contribution in [0.1, 0.15) is 26.3 Å². The van der Waals surface area contributed by atoms with E-state index in [2.05, 4.69) is 0 Å². The van der Waals surface area contributed by atoms with Crippen LogP contribution in [-0.2, 0) is 9.59 Å². The lowest BCUT2D eigenvalue weighted by atomic mass is 9.92. The summed E-state index contributed by atoms with van der Waals surface area (Å²) in [6.45, 7) is 1.83. The monoisotopic (exact) mass is 334 g/mol. The van der Waals surface area contributed by atoms with E-state index in [0.717, 1.165) is 10.5 Å². The maximum absolute atomic E-state index is 12.7. The van der Waals surface area contributed by atoms with Gasteiger partial charge in [-0.05, 0) is 30.7 Å². The number of benzene rings is 2. The molecule has 0 N–H and O–H groups in total.